The summed E-state index contributed by atoms with van der Waals surface area (Å²) in [6.45, 7) is 0. The van der Waals surface area contributed by atoms with Crippen LogP contribution >= 0.6 is 0 Å². The molecule has 1 aromatic heterocycles. The third kappa shape index (κ3) is 2.51. The second-order valence-corrected chi connectivity index (χ2v) is 6.58. The second-order valence-electron chi connectivity index (χ2n) is 6.58. The Kier molecular flexibility index (Phi) is 4.11. The van der Waals surface area contributed by atoms with Crippen LogP contribution < -0.4 is 0 Å². The first-order chi connectivity index (χ1) is 11.8. The third-order valence-corrected chi connectivity index (χ3v) is 5.01. The lowest BCUT2D eigenvalue weighted by atomic mass is 9.72. The van der Waals surface area contributed by atoms with Gasteiger partial charge in [-0.05, 0) is 32.3 Å². The third-order valence-electron chi connectivity index (χ3n) is 5.01. The maximum Gasteiger partial charge on any atom is 0.330 e. The molecule has 25 heavy (non-hydrogen) atoms. The highest BCUT2D eigenvalue weighted by atomic mass is 16.6. The van der Waals surface area contributed by atoms with Gasteiger partial charge < -0.3 is 9.32 Å². The molecular weight excluding hydrogens is 328 g/mol. The molecule has 9 nitrogen and oxygen atoms in total. The zero-order chi connectivity index (χ0) is 18.5. The molecule has 3 rings (SSSR count). The summed E-state index contributed by atoms with van der Waals surface area (Å²) in [5, 5.41) is 11.9. The van der Waals surface area contributed by atoms with Crippen molar-refractivity contribution in [3.05, 3.63) is 46.0 Å². The average Bonchev–Trinajstić information content (AvgIpc) is 3.10. The van der Waals surface area contributed by atoms with Gasteiger partial charge in [-0.25, -0.2) is 4.79 Å². The highest BCUT2D eigenvalue weighted by molar-refractivity contribution is 6.01. The first-order valence-electron chi connectivity index (χ1n) is 7.86. The lowest BCUT2D eigenvalue weighted by molar-refractivity contribution is -0.534. The van der Waals surface area contributed by atoms with E-state index in [0.29, 0.717) is 11.5 Å². The van der Waals surface area contributed by atoms with Gasteiger partial charge in [-0.3, -0.25) is 24.7 Å². The van der Waals surface area contributed by atoms with E-state index >= 15 is 0 Å². The lowest BCUT2D eigenvalue weighted by Crippen LogP contribution is -2.60. The van der Waals surface area contributed by atoms with Gasteiger partial charge >= 0.3 is 6.03 Å². The van der Waals surface area contributed by atoms with Crippen molar-refractivity contribution in [2.75, 3.05) is 28.2 Å². The quantitative estimate of drug-likeness (QED) is 0.596. The van der Waals surface area contributed by atoms with E-state index in [1.807, 2.05) is 0 Å². The summed E-state index contributed by atoms with van der Waals surface area (Å²) in [4.78, 5) is 40.7. The summed E-state index contributed by atoms with van der Waals surface area (Å²) >= 11 is 0. The molecule has 1 saturated heterocycles. The monoisotopic (exact) mass is 348 g/mol. The van der Waals surface area contributed by atoms with Crippen molar-refractivity contribution in [2.45, 2.75) is 18.0 Å². The molecule has 0 aromatic carbocycles. The number of furan rings is 1. The maximum atomic E-state index is 12.8. The molecule has 134 valence electrons. The fraction of sp³-hybridized carbons (Fsp3) is 0.500. The first-order valence-corrected chi connectivity index (χ1v) is 7.86. The lowest BCUT2D eigenvalue weighted by Gasteiger charge is -2.45. The smallest absolute Gasteiger partial charge is 0.330 e. The molecule has 2 aliphatic rings. The predicted octanol–water partition coefficient (Wildman–Crippen LogP) is 0.976. The fourth-order valence-electron chi connectivity index (χ4n) is 3.73. The molecule has 0 saturated carbocycles. The van der Waals surface area contributed by atoms with Gasteiger partial charge in [0.05, 0.1) is 18.2 Å². The molecule has 4 unspecified atom stereocenters. The van der Waals surface area contributed by atoms with E-state index in [1.54, 1.807) is 44.3 Å². The molecule has 9 heteroatoms. The number of fused-ring (bicyclic) bond motifs is 1. The Morgan fingerprint density at radius 1 is 1.24 bits per heavy atom. The molecule has 0 spiro atoms. The highest BCUT2D eigenvalue weighted by Crippen LogP contribution is 2.44. The SMILES string of the molecule is CN1C(=O)C2C(=CC(N(C)C)C([N+](=O)[O-])C2c2ccco2)N(C)C1=O. The Morgan fingerprint density at radius 3 is 2.44 bits per heavy atom. The summed E-state index contributed by atoms with van der Waals surface area (Å²) < 4.78 is 5.45. The number of nitro groups is 1. The topological polar surface area (TPSA) is 100 Å². The van der Waals surface area contributed by atoms with E-state index in [1.165, 1.54) is 18.2 Å². The van der Waals surface area contributed by atoms with Crippen LogP contribution in [-0.4, -0.2) is 71.8 Å². The zero-order valence-corrected chi connectivity index (χ0v) is 14.4. The Morgan fingerprint density at radius 2 is 1.92 bits per heavy atom. The molecule has 1 aromatic rings. The van der Waals surface area contributed by atoms with Crippen molar-refractivity contribution in [1.82, 2.24) is 14.7 Å². The second kappa shape index (κ2) is 5.99. The van der Waals surface area contributed by atoms with Gasteiger partial charge in [-0.2, -0.15) is 0 Å². The number of amides is 3. The average molecular weight is 348 g/mol. The number of likely N-dealkylation sites (N-methyl/N-ethyl adjacent to an activating group) is 1. The number of hydrogen-bond acceptors (Lipinski definition) is 6. The minimum absolute atomic E-state index is 0.366. The Bertz CT molecular complexity index is 742. The predicted molar refractivity (Wildman–Crippen MR) is 87.2 cm³/mol. The maximum absolute atomic E-state index is 12.8. The molecule has 3 amide bonds. The van der Waals surface area contributed by atoms with Crippen LogP contribution in [0.3, 0.4) is 0 Å². The number of rotatable bonds is 3. The molecule has 1 aliphatic heterocycles. The number of carbonyl (C=O) groups excluding carboxylic acids is 2. The molecule has 2 heterocycles. The number of carbonyl (C=O) groups is 2. The van der Waals surface area contributed by atoms with Crippen LogP contribution in [-0.2, 0) is 4.79 Å². The van der Waals surface area contributed by atoms with E-state index in [2.05, 4.69) is 0 Å². The van der Waals surface area contributed by atoms with Crippen LogP contribution in [0.25, 0.3) is 0 Å². The van der Waals surface area contributed by atoms with Gasteiger partial charge in [0.15, 0.2) is 0 Å². The summed E-state index contributed by atoms with van der Waals surface area (Å²) in [7, 11) is 6.42. The first kappa shape index (κ1) is 17.2. The van der Waals surface area contributed by atoms with Gasteiger partial charge in [-0.15, -0.1) is 0 Å². The van der Waals surface area contributed by atoms with Crippen LogP contribution in [0, 0.1) is 16.0 Å². The van der Waals surface area contributed by atoms with Gasteiger partial charge in [0.25, 0.3) is 0 Å². The van der Waals surface area contributed by atoms with Crippen molar-refractivity contribution < 1.29 is 18.9 Å². The zero-order valence-electron chi connectivity index (χ0n) is 14.4. The molecule has 0 N–H and O–H groups in total. The van der Waals surface area contributed by atoms with Gasteiger partial charge in [0.2, 0.25) is 11.9 Å². The minimum atomic E-state index is -1.08. The van der Waals surface area contributed by atoms with Crippen molar-refractivity contribution in [3.8, 4) is 0 Å². The van der Waals surface area contributed by atoms with Crippen molar-refractivity contribution in [2.24, 2.45) is 5.92 Å². The van der Waals surface area contributed by atoms with Crippen molar-refractivity contribution >= 4 is 11.9 Å². The highest BCUT2D eigenvalue weighted by Gasteiger charge is 2.57. The number of imide groups is 1. The van der Waals surface area contributed by atoms with E-state index in [0.717, 1.165) is 4.90 Å². The normalized spacial score (nSPS) is 29.7. The Labute approximate surface area is 144 Å². The summed E-state index contributed by atoms with van der Waals surface area (Å²) in [6.07, 6.45) is 3.08. The van der Waals surface area contributed by atoms with E-state index < -0.39 is 35.9 Å². The van der Waals surface area contributed by atoms with E-state index in [9.17, 15) is 19.7 Å². The molecule has 0 bridgehead atoms. The molecule has 0 radical (unpaired) electrons. The summed E-state index contributed by atoms with van der Waals surface area (Å²) in [6, 6.07) is 1.17. The van der Waals surface area contributed by atoms with Gasteiger partial charge in [0.1, 0.15) is 11.7 Å². The number of nitrogens with zero attached hydrogens (tertiary/aromatic N) is 4. The summed E-state index contributed by atoms with van der Waals surface area (Å²) in [5.41, 5.74) is 0.478. The van der Waals surface area contributed by atoms with Gasteiger partial charge in [-0.1, -0.05) is 0 Å². The van der Waals surface area contributed by atoms with Crippen LogP contribution in [0.2, 0.25) is 0 Å². The van der Waals surface area contributed by atoms with Crippen molar-refractivity contribution in [1.29, 1.82) is 0 Å². The van der Waals surface area contributed by atoms with Crippen LogP contribution in [0.15, 0.2) is 34.6 Å². The minimum Gasteiger partial charge on any atom is -0.469 e. The largest absolute Gasteiger partial charge is 0.469 e. The standard InChI is InChI=1S/C16H20N4O5/c1-17(2)10-8-9-12(15(21)19(4)16(22)18(9)3)13(14(10)20(23)24)11-6-5-7-25-11/h5-8,10,12-14H,1-4H3. The van der Waals surface area contributed by atoms with E-state index in [4.69, 9.17) is 4.42 Å². The van der Waals surface area contributed by atoms with Crippen molar-refractivity contribution in [3.63, 3.8) is 0 Å². The number of hydrogen-bond donors (Lipinski definition) is 0. The fourth-order valence-corrected chi connectivity index (χ4v) is 3.73. The molecule has 1 fully saturated rings. The van der Waals surface area contributed by atoms with Crippen LogP contribution in [0.1, 0.15) is 11.7 Å². The number of urea groups is 1. The molecule has 4 atom stereocenters. The van der Waals surface area contributed by atoms with Gasteiger partial charge in [0, 0.05) is 24.7 Å². The molecular formula is C16H20N4O5. The Balaban J connectivity index is 2.22. The van der Waals surface area contributed by atoms with Crippen LogP contribution in [0.4, 0.5) is 4.79 Å². The Hall–Kier alpha value is -2.68. The van der Waals surface area contributed by atoms with E-state index in [-0.39, 0.29) is 4.92 Å². The summed E-state index contributed by atoms with van der Waals surface area (Å²) in [5.74, 6) is -1.73. The molecule has 1 aliphatic carbocycles. The van der Waals surface area contributed by atoms with Crippen LogP contribution in [0.5, 0.6) is 0 Å².